The number of hydrogen-bond donors (Lipinski definition) is 3. The fraction of sp³-hybridized carbons (Fsp3) is 0.364. The molecule has 0 spiro atoms. The average molecular weight is 209 g/mol. The highest BCUT2D eigenvalue weighted by Crippen LogP contribution is 2.10. The minimum Gasteiger partial charge on any atom is -0.481 e. The first-order valence-electron chi connectivity index (χ1n) is 4.85. The zero-order valence-electron chi connectivity index (χ0n) is 8.39. The molecule has 0 bridgehead atoms. The van der Waals surface area contributed by atoms with Crippen LogP contribution in [0.15, 0.2) is 30.3 Å². The smallest absolute Gasteiger partial charge is 0.304 e. The first kappa shape index (κ1) is 11.7. The summed E-state index contributed by atoms with van der Waals surface area (Å²) in [7, 11) is 0. The van der Waals surface area contributed by atoms with Crippen LogP contribution in [0.2, 0.25) is 0 Å². The second kappa shape index (κ2) is 6.16. The number of benzene rings is 1. The van der Waals surface area contributed by atoms with E-state index in [2.05, 4.69) is 5.32 Å². The Bertz CT molecular complexity index is 300. The summed E-state index contributed by atoms with van der Waals surface area (Å²) in [6, 6.07) is 9.27. The zero-order valence-corrected chi connectivity index (χ0v) is 8.39. The van der Waals surface area contributed by atoms with Crippen molar-refractivity contribution < 1.29 is 15.0 Å². The van der Waals surface area contributed by atoms with Gasteiger partial charge in [-0.15, -0.1) is 0 Å². The van der Waals surface area contributed by atoms with Crippen LogP contribution in [0.1, 0.15) is 18.1 Å². The molecule has 3 N–H and O–H groups in total. The molecule has 1 aromatic rings. The first-order valence-corrected chi connectivity index (χ1v) is 4.85. The lowest BCUT2D eigenvalue weighted by Crippen LogP contribution is -2.24. The number of aliphatic hydroxyl groups is 1. The third kappa shape index (κ3) is 4.58. The van der Waals surface area contributed by atoms with E-state index in [1.165, 1.54) is 0 Å². The van der Waals surface area contributed by atoms with Crippen molar-refractivity contribution in [2.45, 2.75) is 12.5 Å². The molecule has 0 heterocycles. The zero-order chi connectivity index (χ0) is 11.1. The average Bonchev–Trinajstić information content (AvgIpc) is 2.25. The van der Waals surface area contributed by atoms with Gasteiger partial charge in [0, 0.05) is 13.1 Å². The number of carboxylic acids is 1. The Morgan fingerprint density at radius 2 is 2.00 bits per heavy atom. The van der Waals surface area contributed by atoms with Crippen molar-refractivity contribution in [3.63, 3.8) is 0 Å². The van der Waals surface area contributed by atoms with Crippen LogP contribution in [0.4, 0.5) is 0 Å². The quantitative estimate of drug-likeness (QED) is 0.606. The fourth-order valence-corrected chi connectivity index (χ4v) is 1.23. The Morgan fingerprint density at radius 3 is 2.60 bits per heavy atom. The van der Waals surface area contributed by atoms with Crippen molar-refractivity contribution in [2.75, 3.05) is 13.1 Å². The van der Waals surface area contributed by atoms with Gasteiger partial charge in [0.05, 0.1) is 12.5 Å². The van der Waals surface area contributed by atoms with Crippen LogP contribution in [0.3, 0.4) is 0 Å². The second-order valence-electron chi connectivity index (χ2n) is 3.27. The molecule has 0 saturated heterocycles. The van der Waals surface area contributed by atoms with Crippen LogP contribution < -0.4 is 5.32 Å². The monoisotopic (exact) mass is 209 g/mol. The van der Waals surface area contributed by atoms with Crippen LogP contribution in [0, 0.1) is 0 Å². The van der Waals surface area contributed by atoms with Gasteiger partial charge >= 0.3 is 5.97 Å². The summed E-state index contributed by atoms with van der Waals surface area (Å²) in [5.41, 5.74) is 0.834. The van der Waals surface area contributed by atoms with Crippen molar-refractivity contribution in [3.8, 4) is 0 Å². The SMILES string of the molecule is O=C(O)CCNCC(O)c1ccccc1. The summed E-state index contributed by atoms with van der Waals surface area (Å²) >= 11 is 0. The maximum Gasteiger partial charge on any atom is 0.304 e. The summed E-state index contributed by atoms with van der Waals surface area (Å²) in [6.45, 7) is 0.747. The van der Waals surface area contributed by atoms with Gasteiger partial charge in [0.2, 0.25) is 0 Å². The number of carbonyl (C=O) groups is 1. The van der Waals surface area contributed by atoms with E-state index < -0.39 is 12.1 Å². The van der Waals surface area contributed by atoms with Gasteiger partial charge in [-0.2, -0.15) is 0 Å². The number of aliphatic carboxylic acids is 1. The number of carboxylic acid groups (broad SMARTS) is 1. The number of aliphatic hydroxyl groups excluding tert-OH is 1. The second-order valence-corrected chi connectivity index (χ2v) is 3.27. The van der Waals surface area contributed by atoms with Crippen LogP contribution >= 0.6 is 0 Å². The third-order valence-corrected chi connectivity index (χ3v) is 2.04. The molecule has 0 amide bonds. The molecular weight excluding hydrogens is 194 g/mol. The highest BCUT2D eigenvalue weighted by atomic mass is 16.4. The Labute approximate surface area is 88.6 Å². The topological polar surface area (TPSA) is 69.6 Å². The lowest BCUT2D eigenvalue weighted by molar-refractivity contribution is -0.136. The molecule has 4 nitrogen and oxygen atoms in total. The Kier molecular flexibility index (Phi) is 4.80. The summed E-state index contributed by atoms with van der Waals surface area (Å²) < 4.78 is 0. The first-order chi connectivity index (χ1) is 7.20. The molecule has 82 valence electrons. The van der Waals surface area contributed by atoms with E-state index in [1.807, 2.05) is 30.3 Å². The van der Waals surface area contributed by atoms with E-state index in [0.717, 1.165) is 5.56 Å². The molecule has 15 heavy (non-hydrogen) atoms. The summed E-state index contributed by atoms with van der Waals surface area (Å²) in [4.78, 5) is 10.2. The minimum absolute atomic E-state index is 0.0709. The molecule has 0 aliphatic rings. The number of rotatable bonds is 6. The molecule has 0 aliphatic carbocycles. The highest BCUT2D eigenvalue weighted by molar-refractivity contribution is 5.66. The molecule has 0 fully saturated rings. The van der Waals surface area contributed by atoms with Crippen LogP contribution in [0.5, 0.6) is 0 Å². The molecule has 0 aliphatic heterocycles. The van der Waals surface area contributed by atoms with Gasteiger partial charge in [-0.3, -0.25) is 4.79 Å². The molecular formula is C11H15NO3. The largest absolute Gasteiger partial charge is 0.481 e. The Balaban J connectivity index is 2.25. The third-order valence-electron chi connectivity index (χ3n) is 2.04. The van der Waals surface area contributed by atoms with Crippen molar-refractivity contribution in [1.82, 2.24) is 5.32 Å². The van der Waals surface area contributed by atoms with Crippen molar-refractivity contribution in [3.05, 3.63) is 35.9 Å². The van der Waals surface area contributed by atoms with Crippen LogP contribution in [-0.4, -0.2) is 29.3 Å². The van der Waals surface area contributed by atoms with Crippen molar-refractivity contribution in [2.24, 2.45) is 0 Å². The van der Waals surface area contributed by atoms with Gasteiger partial charge in [-0.25, -0.2) is 0 Å². The van der Waals surface area contributed by atoms with E-state index in [4.69, 9.17) is 5.11 Å². The van der Waals surface area contributed by atoms with E-state index in [9.17, 15) is 9.90 Å². The Morgan fingerprint density at radius 1 is 1.33 bits per heavy atom. The standard InChI is InChI=1S/C11H15NO3/c13-10(8-12-7-6-11(14)15)9-4-2-1-3-5-9/h1-5,10,12-13H,6-8H2,(H,14,15). The lowest BCUT2D eigenvalue weighted by atomic mass is 10.1. The van der Waals surface area contributed by atoms with Crippen LogP contribution in [0.25, 0.3) is 0 Å². The molecule has 0 aromatic heterocycles. The molecule has 1 aromatic carbocycles. The van der Waals surface area contributed by atoms with Gasteiger partial charge in [-0.1, -0.05) is 30.3 Å². The summed E-state index contributed by atoms with van der Waals surface area (Å²) in [5, 5.41) is 21.0. The Hall–Kier alpha value is -1.39. The fourth-order valence-electron chi connectivity index (χ4n) is 1.23. The maximum absolute atomic E-state index is 10.2. The lowest BCUT2D eigenvalue weighted by Gasteiger charge is -2.11. The van der Waals surface area contributed by atoms with Crippen molar-refractivity contribution >= 4 is 5.97 Å². The summed E-state index contributed by atoms with van der Waals surface area (Å²) in [5.74, 6) is -0.836. The predicted molar refractivity (Wildman–Crippen MR) is 56.5 cm³/mol. The molecule has 1 unspecified atom stereocenters. The van der Waals surface area contributed by atoms with E-state index >= 15 is 0 Å². The van der Waals surface area contributed by atoms with E-state index in [-0.39, 0.29) is 6.42 Å². The molecule has 1 atom stereocenters. The normalized spacial score (nSPS) is 12.3. The van der Waals surface area contributed by atoms with Gasteiger partial charge in [-0.05, 0) is 5.56 Å². The van der Waals surface area contributed by atoms with E-state index in [1.54, 1.807) is 0 Å². The molecule has 4 heteroatoms. The predicted octanol–water partition coefficient (Wildman–Crippen LogP) is 0.784. The van der Waals surface area contributed by atoms with Crippen molar-refractivity contribution in [1.29, 1.82) is 0 Å². The molecule has 0 saturated carbocycles. The maximum atomic E-state index is 10.2. The molecule has 1 rings (SSSR count). The molecule has 0 radical (unpaired) electrons. The van der Waals surface area contributed by atoms with Gasteiger partial charge < -0.3 is 15.5 Å². The van der Waals surface area contributed by atoms with Gasteiger partial charge in [0.15, 0.2) is 0 Å². The number of hydrogen-bond acceptors (Lipinski definition) is 3. The number of nitrogens with one attached hydrogen (secondary N) is 1. The summed E-state index contributed by atoms with van der Waals surface area (Å²) in [6.07, 6.45) is -0.512. The van der Waals surface area contributed by atoms with E-state index in [0.29, 0.717) is 13.1 Å². The van der Waals surface area contributed by atoms with Gasteiger partial charge in [0.25, 0.3) is 0 Å². The van der Waals surface area contributed by atoms with Crippen LogP contribution in [-0.2, 0) is 4.79 Å². The minimum atomic E-state index is -0.836. The highest BCUT2D eigenvalue weighted by Gasteiger charge is 2.05. The van der Waals surface area contributed by atoms with Gasteiger partial charge in [0.1, 0.15) is 0 Å².